The molecule has 0 bridgehead atoms. The molecular formula is C33H37N5O6. The number of carboxylic acid groups (broad SMARTS) is 1. The highest BCUT2D eigenvalue weighted by molar-refractivity contribution is 5.96. The second-order valence-electron chi connectivity index (χ2n) is 11.3. The summed E-state index contributed by atoms with van der Waals surface area (Å²) < 4.78 is 0. The van der Waals surface area contributed by atoms with Crippen molar-refractivity contribution in [2.75, 3.05) is 0 Å². The third-order valence-electron chi connectivity index (χ3n) is 7.35. The molecular weight excluding hydrogens is 562 g/mol. The minimum absolute atomic E-state index is 0.0517. The highest BCUT2D eigenvalue weighted by Gasteiger charge is 2.35. The topological polar surface area (TPSA) is 187 Å². The van der Waals surface area contributed by atoms with Crippen molar-refractivity contribution >= 4 is 34.6 Å². The molecule has 3 aromatic carbocycles. The second-order valence-corrected chi connectivity index (χ2v) is 11.3. The van der Waals surface area contributed by atoms with Gasteiger partial charge < -0.3 is 36.9 Å². The van der Waals surface area contributed by atoms with E-state index in [1.165, 1.54) is 26.0 Å². The summed E-state index contributed by atoms with van der Waals surface area (Å²) in [6, 6.07) is 19.3. The van der Waals surface area contributed by atoms with E-state index in [1.807, 2.05) is 30.3 Å². The lowest BCUT2D eigenvalue weighted by Gasteiger charge is -2.29. The molecule has 0 saturated carbocycles. The van der Waals surface area contributed by atoms with E-state index in [0.717, 1.165) is 27.6 Å². The smallest absolute Gasteiger partial charge is 0.326 e. The van der Waals surface area contributed by atoms with Crippen molar-refractivity contribution in [3.63, 3.8) is 0 Å². The number of carboxylic acids is 1. The number of carbonyl (C=O) groups excluding carboxylic acids is 3. The molecule has 0 spiro atoms. The number of aromatic nitrogens is 1. The fraction of sp³-hybridized carbons (Fsp3) is 0.273. The van der Waals surface area contributed by atoms with Crippen LogP contribution in [0.2, 0.25) is 0 Å². The number of hydrogen-bond donors (Lipinski definition) is 7. The molecule has 3 atom stereocenters. The Hall–Kier alpha value is -5.16. The van der Waals surface area contributed by atoms with Crippen LogP contribution < -0.4 is 21.7 Å². The highest BCUT2D eigenvalue weighted by atomic mass is 16.4. The van der Waals surface area contributed by atoms with Crippen LogP contribution in [0.15, 0.2) is 85.1 Å². The summed E-state index contributed by atoms with van der Waals surface area (Å²) in [5.74, 6) is -3.04. The number of aromatic amines is 1. The summed E-state index contributed by atoms with van der Waals surface area (Å²) in [4.78, 5) is 55.3. The summed E-state index contributed by atoms with van der Waals surface area (Å²) in [5.41, 5.74) is 7.67. The number of benzene rings is 3. The van der Waals surface area contributed by atoms with Gasteiger partial charge in [-0.2, -0.15) is 0 Å². The monoisotopic (exact) mass is 599 g/mol. The lowest BCUT2D eigenvalue weighted by molar-refractivity contribution is -0.142. The predicted molar refractivity (Wildman–Crippen MR) is 166 cm³/mol. The van der Waals surface area contributed by atoms with E-state index in [1.54, 1.807) is 42.6 Å². The minimum Gasteiger partial charge on any atom is -0.508 e. The molecule has 0 radical (unpaired) electrons. The number of aliphatic carboxylic acids is 1. The number of phenols is 1. The number of nitrogens with one attached hydrogen (secondary N) is 4. The average Bonchev–Trinajstić information content (AvgIpc) is 3.40. The molecule has 0 aliphatic heterocycles. The molecule has 11 nitrogen and oxygen atoms in total. The van der Waals surface area contributed by atoms with Gasteiger partial charge in [0.2, 0.25) is 17.7 Å². The van der Waals surface area contributed by atoms with Gasteiger partial charge >= 0.3 is 5.97 Å². The number of nitrogens with two attached hydrogens (primary N) is 1. The largest absolute Gasteiger partial charge is 0.508 e. The van der Waals surface area contributed by atoms with Crippen LogP contribution in [-0.4, -0.2) is 62.6 Å². The van der Waals surface area contributed by atoms with Crippen LogP contribution in [0.1, 0.15) is 30.5 Å². The van der Waals surface area contributed by atoms with Gasteiger partial charge in [-0.15, -0.1) is 0 Å². The third kappa shape index (κ3) is 8.23. The first-order valence-electron chi connectivity index (χ1n) is 14.2. The lowest BCUT2D eigenvalue weighted by Crippen LogP contribution is -2.62. The fourth-order valence-electron chi connectivity index (χ4n) is 4.83. The molecule has 1 aromatic heterocycles. The van der Waals surface area contributed by atoms with Crippen LogP contribution in [0.3, 0.4) is 0 Å². The number of hydrogen-bond acceptors (Lipinski definition) is 6. The molecule has 8 N–H and O–H groups in total. The number of phenolic OH excluding ortho intramolecular Hbond substituents is 1. The Bertz CT molecular complexity index is 1620. The summed E-state index contributed by atoms with van der Waals surface area (Å²) in [7, 11) is 0. The van der Waals surface area contributed by atoms with Crippen molar-refractivity contribution in [1.82, 2.24) is 20.9 Å². The molecule has 0 unspecified atom stereocenters. The van der Waals surface area contributed by atoms with Crippen LogP contribution in [0.4, 0.5) is 0 Å². The lowest BCUT2D eigenvalue weighted by atomic mass is 9.98. The van der Waals surface area contributed by atoms with Gasteiger partial charge in [-0.25, -0.2) is 4.79 Å². The average molecular weight is 600 g/mol. The van der Waals surface area contributed by atoms with Crippen LogP contribution in [0.5, 0.6) is 5.75 Å². The molecule has 4 rings (SSSR count). The van der Waals surface area contributed by atoms with Gasteiger partial charge in [0.05, 0.1) is 6.04 Å². The maximum Gasteiger partial charge on any atom is 0.326 e. The number of fused-ring (bicyclic) bond motifs is 1. The SMILES string of the molecule is CC(C)(NC(=O)[C@@H](N)Cc1ccc(O)cc1)C(=O)N[C@@H](Cc1c[nH]c2ccccc12)C(=O)N[C@@H](Cc1ccccc1)C(=O)O. The van der Waals surface area contributed by atoms with Crippen molar-refractivity contribution in [3.05, 3.63) is 102 Å². The van der Waals surface area contributed by atoms with Gasteiger partial charge in [-0.3, -0.25) is 14.4 Å². The quantitative estimate of drug-likeness (QED) is 0.123. The predicted octanol–water partition coefficient (Wildman–Crippen LogP) is 2.18. The Balaban J connectivity index is 1.50. The number of carbonyl (C=O) groups is 4. The number of amides is 3. The van der Waals surface area contributed by atoms with E-state index >= 15 is 0 Å². The number of rotatable bonds is 13. The first-order chi connectivity index (χ1) is 20.9. The van der Waals surface area contributed by atoms with E-state index in [0.29, 0.717) is 0 Å². The molecule has 44 heavy (non-hydrogen) atoms. The Morgan fingerprint density at radius 3 is 2.11 bits per heavy atom. The summed E-state index contributed by atoms with van der Waals surface area (Å²) in [6.45, 7) is 2.98. The first kappa shape index (κ1) is 31.8. The molecule has 1 heterocycles. The van der Waals surface area contributed by atoms with Crippen LogP contribution in [0.25, 0.3) is 10.9 Å². The van der Waals surface area contributed by atoms with E-state index in [-0.39, 0.29) is 25.0 Å². The van der Waals surface area contributed by atoms with Crippen molar-refractivity contribution in [2.24, 2.45) is 5.73 Å². The molecule has 0 fully saturated rings. The Morgan fingerprint density at radius 1 is 0.795 bits per heavy atom. The summed E-state index contributed by atoms with van der Waals surface area (Å²) >= 11 is 0. The molecule has 11 heteroatoms. The number of para-hydroxylation sites is 1. The maximum atomic E-state index is 13.6. The molecule has 0 aliphatic carbocycles. The number of H-pyrrole nitrogens is 1. The van der Waals surface area contributed by atoms with Gasteiger partial charge in [-0.1, -0.05) is 60.7 Å². The van der Waals surface area contributed by atoms with E-state index in [2.05, 4.69) is 20.9 Å². The molecule has 4 aromatic rings. The van der Waals surface area contributed by atoms with Crippen LogP contribution >= 0.6 is 0 Å². The maximum absolute atomic E-state index is 13.6. The minimum atomic E-state index is -1.47. The summed E-state index contributed by atoms with van der Waals surface area (Å²) in [5, 5.41) is 28.2. The van der Waals surface area contributed by atoms with Crippen molar-refractivity contribution in [2.45, 2.75) is 56.8 Å². The van der Waals surface area contributed by atoms with Crippen molar-refractivity contribution in [3.8, 4) is 5.75 Å². The normalized spacial score (nSPS) is 13.4. The van der Waals surface area contributed by atoms with Crippen molar-refractivity contribution in [1.29, 1.82) is 0 Å². The van der Waals surface area contributed by atoms with Gasteiger partial charge in [0.1, 0.15) is 23.4 Å². The number of aromatic hydroxyl groups is 1. The zero-order valence-corrected chi connectivity index (χ0v) is 24.5. The Labute approximate surface area is 254 Å². The standard InChI is InChI=1S/C33H37N5O6/c1-33(2,38-29(40)25(34)16-21-12-14-23(39)15-13-21)32(44)37-27(18-22-19-35-26-11-7-6-10-24(22)26)30(41)36-28(31(42)43)17-20-8-4-3-5-9-20/h3-15,19,25,27-28,35,39H,16-18,34H2,1-2H3,(H,36,41)(H,37,44)(H,38,40)(H,42,43)/t25-,27-,28-/m0/s1. The Morgan fingerprint density at radius 2 is 1.43 bits per heavy atom. The van der Waals surface area contributed by atoms with E-state index < -0.39 is 47.4 Å². The van der Waals surface area contributed by atoms with E-state index in [9.17, 15) is 29.4 Å². The fourth-order valence-corrected chi connectivity index (χ4v) is 4.83. The van der Waals surface area contributed by atoms with Gasteiger partial charge in [0.15, 0.2) is 0 Å². The van der Waals surface area contributed by atoms with Crippen LogP contribution in [0, 0.1) is 0 Å². The molecule has 0 aliphatic rings. The molecule has 3 amide bonds. The molecule has 0 saturated heterocycles. The third-order valence-corrected chi connectivity index (χ3v) is 7.35. The van der Waals surface area contributed by atoms with Crippen molar-refractivity contribution < 1.29 is 29.4 Å². The summed E-state index contributed by atoms with van der Waals surface area (Å²) in [6.07, 6.45) is 2.03. The second kappa shape index (κ2) is 13.9. The van der Waals surface area contributed by atoms with Gasteiger partial charge in [0.25, 0.3) is 0 Å². The molecule has 230 valence electrons. The first-order valence-corrected chi connectivity index (χ1v) is 14.2. The van der Waals surface area contributed by atoms with Crippen LogP contribution in [-0.2, 0) is 38.4 Å². The van der Waals surface area contributed by atoms with Gasteiger partial charge in [0, 0.05) is 29.9 Å². The van der Waals surface area contributed by atoms with Gasteiger partial charge in [-0.05, 0) is 55.2 Å². The highest BCUT2D eigenvalue weighted by Crippen LogP contribution is 2.20. The zero-order chi connectivity index (χ0) is 31.9. The Kier molecular flexibility index (Phi) is 10.0. The zero-order valence-electron chi connectivity index (χ0n) is 24.5. The van der Waals surface area contributed by atoms with E-state index in [4.69, 9.17) is 5.73 Å².